The fraction of sp³-hybridized carbons (Fsp3) is 0.222. The molecule has 0 fully saturated rings. The lowest BCUT2D eigenvalue weighted by molar-refractivity contribution is 0.568. The summed E-state index contributed by atoms with van der Waals surface area (Å²) in [5.41, 5.74) is 8.18. The molecule has 0 aliphatic heterocycles. The molecule has 0 saturated carbocycles. The van der Waals surface area contributed by atoms with Crippen LogP contribution in [0.5, 0.6) is 0 Å². The van der Waals surface area contributed by atoms with Crippen molar-refractivity contribution in [1.82, 2.24) is 9.78 Å². The van der Waals surface area contributed by atoms with E-state index < -0.39 is 0 Å². The van der Waals surface area contributed by atoms with Crippen LogP contribution in [0.4, 0.5) is 5.69 Å². The summed E-state index contributed by atoms with van der Waals surface area (Å²) in [6, 6.07) is 1.85. The SMILES string of the molecule is CCn1cc(N)c(-c2ccoc2)n1. The van der Waals surface area contributed by atoms with Crippen LogP contribution in [0, 0.1) is 0 Å². The van der Waals surface area contributed by atoms with Gasteiger partial charge in [-0.05, 0) is 13.0 Å². The summed E-state index contributed by atoms with van der Waals surface area (Å²) in [7, 11) is 0. The van der Waals surface area contributed by atoms with Crippen molar-refractivity contribution in [2.24, 2.45) is 0 Å². The molecule has 2 aromatic heterocycles. The molecular formula is C9H11N3O. The van der Waals surface area contributed by atoms with Crippen molar-refractivity contribution >= 4 is 5.69 Å². The molecule has 0 aromatic carbocycles. The van der Waals surface area contributed by atoms with Gasteiger partial charge in [0.25, 0.3) is 0 Å². The van der Waals surface area contributed by atoms with Gasteiger partial charge in [0.15, 0.2) is 0 Å². The summed E-state index contributed by atoms with van der Waals surface area (Å²) in [6.45, 7) is 2.84. The predicted octanol–water partition coefficient (Wildman–Crippen LogP) is 1.75. The van der Waals surface area contributed by atoms with Crippen LogP contribution >= 0.6 is 0 Å². The second-order valence-corrected chi connectivity index (χ2v) is 2.80. The summed E-state index contributed by atoms with van der Waals surface area (Å²) < 4.78 is 6.77. The van der Waals surface area contributed by atoms with Crippen molar-refractivity contribution in [2.75, 3.05) is 5.73 Å². The smallest absolute Gasteiger partial charge is 0.118 e. The zero-order valence-corrected chi connectivity index (χ0v) is 7.40. The first-order valence-corrected chi connectivity index (χ1v) is 4.16. The molecule has 2 rings (SSSR count). The molecule has 0 unspecified atom stereocenters. The van der Waals surface area contributed by atoms with Crippen LogP contribution in [0.15, 0.2) is 29.2 Å². The fourth-order valence-electron chi connectivity index (χ4n) is 1.22. The Bertz CT molecular complexity index is 389. The number of aryl methyl sites for hydroxylation is 1. The highest BCUT2D eigenvalue weighted by Crippen LogP contribution is 2.23. The maximum Gasteiger partial charge on any atom is 0.118 e. The minimum absolute atomic E-state index is 0.684. The van der Waals surface area contributed by atoms with E-state index in [0.717, 1.165) is 17.8 Å². The average Bonchev–Trinajstić information content (AvgIpc) is 2.72. The van der Waals surface area contributed by atoms with Gasteiger partial charge in [-0.1, -0.05) is 0 Å². The Morgan fingerprint density at radius 1 is 1.62 bits per heavy atom. The number of nitrogen functional groups attached to an aromatic ring is 1. The summed E-state index contributed by atoms with van der Waals surface area (Å²) in [6.07, 6.45) is 5.07. The number of hydrogen-bond donors (Lipinski definition) is 1. The van der Waals surface area contributed by atoms with E-state index in [4.69, 9.17) is 10.2 Å². The van der Waals surface area contributed by atoms with Crippen LogP contribution in [0.25, 0.3) is 11.3 Å². The van der Waals surface area contributed by atoms with Gasteiger partial charge in [0.1, 0.15) is 5.69 Å². The third kappa shape index (κ3) is 1.30. The van der Waals surface area contributed by atoms with Crippen LogP contribution in [0.2, 0.25) is 0 Å². The van der Waals surface area contributed by atoms with Crippen molar-refractivity contribution in [3.63, 3.8) is 0 Å². The molecule has 13 heavy (non-hydrogen) atoms. The fourth-order valence-corrected chi connectivity index (χ4v) is 1.22. The second kappa shape index (κ2) is 2.97. The van der Waals surface area contributed by atoms with E-state index in [-0.39, 0.29) is 0 Å². The molecule has 0 amide bonds. The standard InChI is InChI=1S/C9H11N3O/c1-2-12-5-8(10)9(11-12)7-3-4-13-6-7/h3-6H,2,10H2,1H3. The van der Waals surface area contributed by atoms with Gasteiger partial charge in [-0.2, -0.15) is 5.10 Å². The summed E-state index contributed by atoms with van der Waals surface area (Å²) in [4.78, 5) is 0. The summed E-state index contributed by atoms with van der Waals surface area (Å²) in [5, 5.41) is 4.30. The number of rotatable bonds is 2. The number of hydrogen-bond acceptors (Lipinski definition) is 3. The highest BCUT2D eigenvalue weighted by atomic mass is 16.3. The van der Waals surface area contributed by atoms with Gasteiger partial charge in [-0.15, -0.1) is 0 Å². The minimum atomic E-state index is 0.684. The average molecular weight is 177 g/mol. The second-order valence-electron chi connectivity index (χ2n) is 2.80. The Hall–Kier alpha value is -1.71. The van der Waals surface area contributed by atoms with E-state index in [9.17, 15) is 0 Å². The maximum absolute atomic E-state index is 5.78. The quantitative estimate of drug-likeness (QED) is 0.760. The van der Waals surface area contributed by atoms with Crippen molar-refractivity contribution in [3.05, 3.63) is 24.8 Å². The molecule has 0 radical (unpaired) electrons. The van der Waals surface area contributed by atoms with Crippen LogP contribution in [0.3, 0.4) is 0 Å². The molecule has 68 valence electrons. The molecule has 2 heterocycles. The van der Waals surface area contributed by atoms with Crippen molar-refractivity contribution in [3.8, 4) is 11.3 Å². The van der Waals surface area contributed by atoms with Crippen LogP contribution in [-0.4, -0.2) is 9.78 Å². The third-order valence-corrected chi connectivity index (χ3v) is 1.91. The molecule has 0 saturated heterocycles. The van der Waals surface area contributed by atoms with Crippen molar-refractivity contribution in [2.45, 2.75) is 13.5 Å². The molecule has 2 N–H and O–H groups in total. The molecule has 0 spiro atoms. The Morgan fingerprint density at radius 3 is 3.00 bits per heavy atom. The van der Waals surface area contributed by atoms with Gasteiger partial charge in [-0.25, -0.2) is 0 Å². The number of furan rings is 1. The van der Waals surface area contributed by atoms with E-state index >= 15 is 0 Å². The Balaban J connectivity index is 2.46. The monoisotopic (exact) mass is 177 g/mol. The highest BCUT2D eigenvalue weighted by molar-refractivity contribution is 5.70. The third-order valence-electron chi connectivity index (χ3n) is 1.91. The van der Waals surface area contributed by atoms with Crippen molar-refractivity contribution in [1.29, 1.82) is 0 Å². The molecule has 4 heteroatoms. The Labute approximate surface area is 76.0 Å². The van der Waals surface area contributed by atoms with E-state index in [0.29, 0.717) is 5.69 Å². The molecule has 0 bridgehead atoms. The number of nitrogens with zero attached hydrogens (tertiary/aromatic N) is 2. The van der Waals surface area contributed by atoms with Gasteiger partial charge >= 0.3 is 0 Å². The van der Waals surface area contributed by atoms with E-state index in [2.05, 4.69) is 5.10 Å². The Kier molecular flexibility index (Phi) is 1.81. The molecule has 0 aliphatic rings. The zero-order valence-electron chi connectivity index (χ0n) is 7.40. The van der Waals surface area contributed by atoms with Gasteiger partial charge in [0.05, 0.1) is 18.2 Å². The topological polar surface area (TPSA) is 57.0 Å². The predicted molar refractivity (Wildman–Crippen MR) is 50.0 cm³/mol. The van der Waals surface area contributed by atoms with Gasteiger partial charge in [0.2, 0.25) is 0 Å². The van der Waals surface area contributed by atoms with E-state index in [1.165, 1.54) is 0 Å². The van der Waals surface area contributed by atoms with E-state index in [1.807, 2.05) is 19.2 Å². The van der Waals surface area contributed by atoms with Crippen LogP contribution < -0.4 is 5.73 Å². The largest absolute Gasteiger partial charge is 0.472 e. The lowest BCUT2D eigenvalue weighted by Gasteiger charge is -1.91. The summed E-state index contributed by atoms with van der Waals surface area (Å²) >= 11 is 0. The maximum atomic E-state index is 5.78. The molecule has 0 aliphatic carbocycles. The first-order valence-electron chi connectivity index (χ1n) is 4.16. The number of anilines is 1. The summed E-state index contributed by atoms with van der Waals surface area (Å²) in [5.74, 6) is 0. The van der Waals surface area contributed by atoms with Gasteiger partial charge in [0, 0.05) is 18.3 Å². The van der Waals surface area contributed by atoms with Gasteiger partial charge < -0.3 is 10.2 Å². The van der Waals surface area contributed by atoms with Crippen LogP contribution in [-0.2, 0) is 6.54 Å². The minimum Gasteiger partial charge on any atom is -0.472 e. The lowest BCUT2D eigenvalue weighted by Crippen LogP contribution is -1.93. The molecular weight excluding hydrogens is 166 g/mol. The lowest BCUT2D eigenvalue weighted by atomic mass is 10.2. The number of aromatic nitrogens is 2. The molecule has 0 atom stereocenters. The van der Waals surface area contributed by atoms with Gasteiger partial charge in [-0.3, -0.25) is 4.68 Å². The van der Waals surface area contributed by atoms with Crippen molar-refractivity contribution < 1.29 is 4.42 Å². The Morgan fingerprint density at radius 2 is 2.46 bits per heavy atom. The highest BCUT2D eigenvalue weighted by Gasteiger charge is 2.08. The van der Waals surface area contributed by atoms with Crippen LogP contribution in [0.1, 0.15) is 6.92 Å². The molecule has 4 nitrogen and oxygen atoms in total. The first-order chi connectivity index (χ1) is 6.31. The normalized spacial score (nSPS) is 10.5. The van der Waals surface area contributed by atoms with E-state index in [1.54, 1.807) is 17.2 Å². The zero-order chi connectivity index (χ0) is 9.26. The molecule has 2 aromatic rings. The number of nitrogens with two attached hydrogens (primary N) is 1. The first kappa shape index (κ1) is 7.91.